The Kier molecular flexibility index (Phi) is 4.94. The van der Waals surface area contributed by atoms with Crippen molar-refractivity contribution in [3.63, 3.8) is 0 Å². The highest BCUT2D eigenvalue weighted by atomic mass is 14.9. The van der Waals surface area contributed by atoms with Gasteiger partial charge in [0.1, 0.15) is 0 Å². The molecule has 33 heavy (non-hydrogen) atoms. The fraction of sp³-hybridized carbons (Fsp3) is 0.0714. The van der Waals surface area contributed by atoms with E-state index in [1.807, 2.05) is 48.6 Å². The zero-order valence-corrected chi connectivity index (χ0v) is 18.0. The summed E-state index contributed by atoms with van der Waals surface area (Å²) in [5, 5.41) is 3.29. The van der Waals surface area contributed by atoms with Crippen LogP contribution in [0.2, 0.25) is 0 Å². The Morgan fingerprint density at radius 1 is 0.485 bits per heavy atom. The van der Waals surface area contributed by atoms with Gasteiger partial charge in [-0.15, -0.1) is 0 Å². The van der Waals surface area contributed by atoms with Gasteiger partial charge in [-0.25, -0.2) is 9.97 Å². The Hall–Kier alpha value is -4.22. The van der Waals surface area contributed by atoms with Gasteiger partial charge in [-0.05, 0) is 84.0 Å². The summed E-state index contributed by atoms with van der Waals surface area (Å²) < 4.78 is 0. The largest absolute Gasteiger partial charge is 0.355 e. The highest BCUT2D eigenvalue weighted by Gasteiger charge is 2.06. The molecule has 0 radical (unpaired) electrons. The maximum atomic E-state index is 4.63. The van der Waals surface area contributed by atoms with Crippen LogP contribution in [0.3, 0.4) is 0 Å². The van der Waals surface area contributed by atoms with Crippen LogP contribution in [0.15, 0.2) is 72.8 Å². The van der Waals surface area contributed by atoms with Gasteiger partial charge in [0.2, 0.25) is 0 Å². The number of aromatic nitrogens is 4. The van der Waals surface area contributed by atoms with Crippen molar-refractivity contribution in [2.24, 2.45) is 0 Å². The predicted molar refractivity (Wildman–Crippen MR) is 136 cm³/mol. The number of nitrogens with one attached hydrogen (secondary N) is 3. The molecule has 8 bridgehead atoms. The summed E-state index contributed by atoms with van der Waals surface area (Å²) >= 11 is 0. The highest BCUT2D eigenvalue weighted by Crippen LogP contribution is 2.17. The Morgan fingerprint density at radius 3 is 1.21 bits per heavy atom. The van der Waals surface area contributed by atoms with Crippen molar-refractivity contribution in [1.29, 1.82) is 0 Å². The second kappa shape index (κ2) is 8.37. The summed E-state index contributed by atoms with van der Waals surface area (Å²) in [7, 11) is 0. The van der Waals surface area contributed by atoms with E-state index in [0.717, 1.165) is 57.9 Å². The average Bonchev–Trinajstić information content (AvgIpc) is 3.63. The van der Waals surface area contributed by atoms with Crippen LogP contribution in [-0.2, 0) is 13.1 Å². The standard InChI is InChI=1S/C20H14N4.C8H9N/c1-2-14-10-16-5-6-18(23-16)12-20-8-7-19(24-20)11-17-4-3-15(22-17)9-13(1)21-14;1-2-4-8-6-9-5-7(8)3-1/h1-12,21,24H;1-4,9H,5-6H2. The van der Waals surface area contributed by atoms with E-state index in [1.165, 1.54) is 11.1 Å². The summed E-state index contributed by atoms with van der Waals surface area (Å²) in [6.45, 7) is 2.10. The molecule has 0 saturated heterocycles. The van der Waals surface area contributed by atoms with Crippen LogP contribution in [0.1, 0.15) is 33.9 Å². The second-order valence-corrected chi connectivity index (χ2v) is 8.28. The molecule has 0 unspecified atom stereocenters. The fourth-order valence-corrected chi connectivity index (χ4v) is 4.18. The number of H-pyrrole nitrogens is 2. The molecule has 0 amide bonds. The van der Waals surface area contributed by atoms with Gasteiger partial charge < -0.3 is 15.3 Å². The van der Waals surface area contributed by atoms with Gasteiger partial charge >= 0.3 is 0 Å². The Bertz CT molecular complexity index is 1350. The first-order chi connectivity index (χ1) is 16.3. The summed E-state index contributed by atoms with van der Waals surface area (Å²) in [4.78, 5) is 16.0. The number of rotatable bonds is 0. The topological polar surface area (TPSA) is 69.4 Å². The van der Waals surface area contributed by atoms with Crippen LogP contribution < -0.4 is 5.32 Å². The lowest BCUT2D eigenvalue weighted by molar-refractivity contribution is 0.765. The molecular formula is C28H23N5. The zero-order valence-electron chi connectivity index (χ0n) is 18.0. The van der Waals surface area contributed by atoms with E-state index in [4.69, 9.17) is 0 Å². The lowest BCUT2D eigenvalue weighted by Gasteiger charge is -1.91. The smallest absolute Gasteiger partial charge is 0.0658 e. The van der Waals surface area contributed by atoms with Gasteiger partial charge in [-0.3, -0.25) is 0 Å². The molecule has 160 valence electrons. The van der Waals surface area contributed by atoms with Crippen LogP contribution >= 0.6 is 0 Å². The van der Waals surface area contributed by atoms with Crippen LogP contribution in [0.5, 0.6) is 0 Å². The van der Waals surface area contributed by atoms with E-state index >= 15 is 0 Å². The van der Waals surface area contributed by atoms with Gasteiger partial charge in [0.25, 0.3) is 0 Å². The molecule has 3 N–H and O–H groups in total. The molecule has 6 heterocycles. The lowest BCUT2D eigenvalue weighted by atomic mass is 10.1. The van der Waals surface area contributed by atoms with Crippen LogP contribution in [0.4, 0.5) is 0 Å². The van der Waals surface area contributed by atoms with Crippen molar-refractivity contribution >= 4 is 46.4 Å². The third-order valence-corrected chi connectivity index (χ3v) is 5.79. The Balaban J connectivity index is 0.000000192. The Morgan fingerprint density at radius 2 is 0.848 bits per heavy atom. The van der Waals surface area contributed by atoms with Crippen LogP contribution in [0, 0.1) is 0 Å². The van der Waals surface area contributed by atoms with Gasteiger partial charge in [0.05, 0.1) is 22.8 Å². The minimum absolute atomic E-state index is 0.939. The van der Waals surface area contributed by atoms with Crippen molar-refractivity contribution in [3.05, 3.63) is 107 Å². The number of hydrogen-bond donors (Lipinski definition) is 3. The first-order valence-corrected chi connectivity index (χ1v) is 11.1. The van der Waals surface area contributed by atoms with E-state index in [-0.39, 0.29) is 0 Å². The van der Waals surface area contributed by atoms with Gasteiger partial charge in [0, 0.05) is 35.2 Å². The minimum Gasteiger partial charge on any atom is -0.355 e. The molecule has 4 aromatic rings. The van der Waals surface area contributed by atoms with E-state index in [9.17, 15) is 0 Å². The second-order valence-electron chi connectivity index (χ2n) is 8.28. The molecule has 0 atom stereocenters. The van der Waals surface area contributed by atoms with Crippen molar-refractivity contribution in [3.8, 4) is 0 Å². The number of aromatic amines is 2. The van der Waals surface area contributed by atoms with Crippen molar-refractivity contribution in [2.45, 2.75) is 13.1 Å². The zero-order chi connectivity index (χ0) is 22.0. The first-order valence-electron chi connectivity index (χ1n) is 11.1. The molecule has 0 aliphatic carbocycles. The average molecular weight is 430 g/mol. The van der Waals surface area contributed by atoms with Crippen molar-refractivity contribution in [2.75, 3.05) is 0 Å². The number of hydrogen-bond acceptors (Lipinski definition) is 3. The number of benzene rings is 1. The maximum Gasteiger partial charge on any atom is 0.0658 e. The highest BCUT2D eigenvalue weighted by molar-refractivity contribution is 5.77. The summed E-state index contributed by atoms with van der Waals surface area (Å²) in [6, 6.07) is 24.9. The lowest BCUT2D eigenvalue weighted by Crippen LogP contribution is -1.99. The molecule has 0 fully saturated rings. The van der Waals surface area contributed by atoms with Gasteiger partial charge in [-0.2, -0.15) is 0 Å². The molecule has 5 heteroatoms. The molecule has 3 aromatic heterocycles. The monoisotopic (exact) mass is 429 g/mol. The molecule has 0 saturated carbocycles. The maximum absolute atomic E-state index is 4.63. The molecule has 1 aromatic carbocycles. The summed E-state index contributed by atoms with van der Waals surface area (Å²) in [5.74, 6) is 0. The van der Waals surface area contributed by atoms with E-state index in [0.29, 0.717) is 0 Å². The SMILES string of the molecule is C1=Cc2cc3ccc(cc4nc(cc5ccc(cc1n2)[nH]5)C=C4)[nH]3.c1ccc2c(c1)CNC2. The van der Waals surface area contributed by atoms with E-state index in [2.05, 4.69) is 73.8 Å². The molecule has 3 aliphatic heterocycles. The molecule has 7 rings (SSSR count). The van der Waals surface area contributed by atoms with Crippen molar-refractivity contribution < 1.29 is 0 Å². The summed E-state index contributed by atoms with van der Waals surface area (Å²) in [5.41, 5.74) is 10.8. The minimum atomic E-state index is 0.939. The van der Waals surface area contributed by atoms with E-state index in [1.54, 1.807) is 0 Å². The normalized spacial score (nSPS) is 13.5. The van der Waals surface area contributed by atoms with Gasteiger partial charge in [0.15, 0.2) is 0 Å². The number of nitrogens with zero attached hydrogens (tertiary/aromatic N) is 2. The molecular weight excluding hydrogens is 406 g/mol. The van der Waals surface area contributed by atoms with E-state index < -0.39 is 0 Å². The molecule has 0 spiro atoms. The third kappa shape index (κ3) is 4.40. The first kappa shape index (κ1) is 19.5. The quantitative estimate of drug-likeness (QED) is 0.280. The van der Waals surface area contributed by atoms with Crippen LogP contribution in [-0.4, -0.2) is 19.9 Å². The molecule has 5 nitrogen and oxygen atoms in total. The van der Waals surface area contributed by atoms with Crippen molar-refractivity contribution in [1.82, 2.24) is 25.3 Å². The van der Waals surface area contributed by atoms with Crippen LogP contribution in [0.25, 0.3) is 46.4 Å². The molecule has 3 aliphatic rings. The Labute approximate surface area is 191 Å². The predicted octanol–water partition coefficient (Wildman–Crippen LogP) is 5.95. The fourth-order valence-electron chi connectivity index (χ4n) is 4.18. The number of fused-ring (bicyclic) bond motifs is 9. The van der Waals surface area contributed by atoms with Gasteiger partial charge in [-0.1, -0.05) is 24.3 Å². The third-order valence-electron chi connectivity index (χ3n) is 5.79. The summed E-state index contributed by atoms with van der Waals surface area (Å²) in [6.07, 6.45) is 8.09.